The first kappa shape index (κ1) is 11.7. The second kappa shape index (κ2) is 4.02. The van der Waals surface area contributed by atoms with Crippen molar-refractivity contribution in [2.45, 2.75) is 26.3 Å². The summed E-state index contributed by atoms with van der Waals surface area (Å²) in [7, 11) is 0. The summed E-state index contributed by atoms with van der Waals surface area (Å²) in [6, 6.07) is -1.05. The van der Waals surface area contributed by atoms with Crippen LogP contribution in [-0.2, 0) is 9.59 Å². The Labute approximate surface area is 87.8 Å². The van der Waals surface area contributed by atoms with Crippen molar-refractivity contribution >= 4 is 11.8 Å². The first-order valence-corrected chi connectivity index (χ1v) is 4.82. The number of rotatable bonds is 5. The summed E-state index contributed by atoms with van der Waals surface area (Å²) in [6.07, 6.45) is 2.00. The van der Waals surface area contributed by atoms with Crippen LogP contribution in [0.2, 0.25) is 0 Å². The van der Waals surface area contributed by atoms with Crippen molar-refractivity contribution in [3.8, 4) is 0 Å². The third-order valence-electron chi connectivity index (χ3n) is 2.93. The first-order valence-electron chi connectivity index (χ1n) is 4.82. The van der Waals surface area contributed by atoms with Gasteiger partial charge in [-0.25, -0.2) is 4.79 Å². The number of aliphatic hydroxyl groups is 1. The van der Waals surface area contributed by atoms with Crippen molar-refractivity contribution in [1.82, 2.24) is 5.32 Å². The number of carbonyl (C=O) groups excluding carboxylic acids is 1. The Morgan fingerprint density at radius 2 is 2.27 bits per heavy atom. The molecule has 0 aromatic rings. The summed E-state index contributed by atoms with van der Waals surface area (Å²) >= 11 is 0. The van der Waals surface area contributed by atoms with Gasteiger partial charge in [0.15, 0.2) is 5.78 Å². The summed E-state index contributed by atoms with van der Waals surface area (Å²) in [5.74, 6) is -1.13. The quantitative estimate of drug-likeness (QED) is 0.594. The molecule has 15 heavy (non-hydrogen) atoms. The average molecular weight is 213 g/mol. The normalized spacial score (nSPS) is 26.6. The molecule has 1 aliphatic carbocycles. The fraction of sp³-hybridized carbons (Fsp3) is 0.600. The van der Waals surface area contributed by atoms with E-state index in [1.165, 1.54) is 6.08 Å². The van der Waals surface area contributed by atoms with Gasteiger partial charge in [-0.05, 0) is 13.3 Å². The van der Waals surface area contributed by atoms with E-state index in [1.807, 2.05) is 6.92 Å². The Morgan fingerprint density at radius 3 is 2.60 bits per heavy atom. The van der Waals surface area contributed by atoms with Crippen LogP contribution in [0.5, 0.6) is 0 Å². The predicted molar refractivity (Wildman–Crippen MR) is 53.1 cm³/mol. The highest BCUT2D eigenvalue weighted by Crippen LogP contribution is 2.38. The fourth-order valence-corrected chi connectivity index (χ4v) is 1.44. The standard InChI is InChI=1S/C10H15NO4/c1-3-10(2)7(4-8(10)13)11-6(5-12)9(14)15/h4,6,11-12H,3,5H2,1-2H3,(H,14,15)/t6-,10+/m0/s1. The van der Waals surface area contributed by atoms with Crippen LogP contribution in [0, 0.1) is 5.41 Å². The predicted octanol–water partition coefficient (Wildman–Crippen LogP) is -0.0956. The van der Waals surface area contributed by atoms with E-state index in [1.54, 1.807) is 6.92 Å². The third kappa shape index (κ3) is 1.87. The summed E-state index contributed by atoms with van der Waals surface area (Å²) in [5.41, 5.74) is -0.0143. The van der Waals surface area contributed by atoms with Crippen LogP contribution in [0.1, 0.15) is 20.3 Å². The zero-order valence-electron chi connectivity index (χ0n) is 8.78. The number of aliphatic carboxylic acids is 1. The van der Waals surface area contributed by atoms with Crippen LogP contribution in [0.4, 0.5) is 0 Å². The Bertz CT molecular complexity index is 323. The van der Waals surface area contributed by atoms with Crippen LogP contribution in [-0.4, -0.2) is 34.6 Å². The van der Waals surface area contributed by atoms with Gasteiger partial charge in [0.1, 0.15) is 6.04 Å². The molecule has 0 fully saturated rings. The van der Waals surface area contributed by atoms with E-state index in [4.69, 9.17) is 10.2 Å². The van der Waals surface area contributed by atoms with Gasteiger partial charge in [0.2, 0.25) is 0 Å². The molecule has 1 rings (SSSR count). The van der Waals surface area contributed by atoms with E-state index in [0.717, 1.165) is 0 Å². The molecular weight excluding hydrogens is 198 g/mol. The average Bonchev–Trinajstić information content (AvgIpc) is 2.22. The summed E-state index contributed by atoms with van der Waals surface area (Å²) in [6.45, 7) is 3.12. The van der Waals surface area contributed by atoms with Crippen LogP contribution in [0.25, 0.3) is 0 Å². The van der Waals surface area contributed by atoms with E-state index in [9.17, 15) is 9.59 Å². The molecule has 0 heterocycles. The number of nitrogens with one attached hydrogen (secondary N) is 1. The van der Waals surface area contributed by atoms with Crippen molar-refractivity contribution in [3.05, 3.63) is 11.8 Å². The monoisotopic (exact) mass is 213 g/mol. The van der Waals surface area contributed by atoms with E-state index < -0.39 is 24.0 Å². The molecule has 0 saturated heterocycles. The molecule has 2 atom stereocenters. The van der Waals surface area contributed by atoms with Crippen molar-refractivity contribution in [2.24, 2.45) is 5.41 Å². The van der Waals surface area contributed by atoms with Crippen molar-refractivity contribution in [1.29, 1.82) is 0 Å². The van der Waals surface area contributed by atoms with Gasteiger partial charge < -0.3 is 15.5 Å². The largest absolute Gasteiger partial charge is 0.480 e. The number of aliphatic hydroxyl groups excluding tert-OH is 1. The molecule has 5 heteroatoms. The molecule has 5 nitrogen and oxygen atoms in total. The minimum Gasteiger partial charge on any atom is -0.480 e. The van der Waals surface area contributed by atoms with Crippen molar-refractivity contribution in [2.75, 3.05) is 6.61 Å². The van der Waals surface area contributed by atoms with Gasteiger partial charge in [-0.2, -0.15) is 0 Å². The first-order chi connectivity index (χ1) is 6.95. The molecule has 0 aliphatic heterocycles. The zero-order valence-corrected chi connectivity index (χ0v) is 8.78. The number of carbonyl (C=O) groups is 2. The number of allylic oxidation sites excluding steroid dienone is 2. The fourth-order valence-electron chi connectivity index (χ4n) is 1.44. The van der Waals surface area contributed by atoms with Gasteiger partial charge in [-0.3, -0.25) is 4.79 Å². The molecule has 0 radical (unpaired) electrons. The maximum absolute atomic E-state index is 11.3. The van der Waals surface area contributed by atoms with Crippen molar-refractivity contribution in [3.63, 3.8) is 0 Å². The Morgan fingerprint density at radius 1 is 1.67 bits per heavy atom. The van der Waals surface area contributed by atoms with Gasteiger partial charge in [0, 0.05) is 11.8 Å². The van der Waals surface area contributed by atoms with E-state index in [-0.39, 0.29) is 5.78 Å². The van der Waals surface area contributed by atoms with Gasteiger partial charge >= 0.3 is 5.97 Å². The lowest BCUT2D eigenvalue weighted by Gasteiger charge is -2.37. The summed E-state index contributed by atoms with van der Waals surface area (Å²) in [4.78, 5) is 22.0. The molecule has 0 saturated carbocycles. The molecule has 0 bridgehead atoms. The number of hydrogen-bond acceptors (Lipinski definition) is 4. The third-order valence-corrected chi connectivity index (χ3v) is 2.93. The highest BCUT2D eigenvalue weighted by molar-refractivity contribution is 6.04. The van der Waals surface area contributed by atoms with Crippen LogP contribution < -0.4 is 5.32 Å². The zero-order chi connectivity index (χ0) is 11.6. The van der Waals surface area contributed by atoms with Crippen LogP contribution in [0.15, 0.2) is 11.8 Å². The Hall–Kier alpha value is -1.36. The van der Waals surface area contributed by atoms with Gasteiger partial charge in [0.05, 0.1) is 12.0 Å². The van der Waals surface area contributed by atoms with E-state index in [0.29, 0.717) is 12.1 Å². The molecule has 0 amide bonds. The van der Waals surface area contributed by atoms with E-state index in [2.05, 4.69) is 5.32 Å². The summed E-state index contributed by atoms with van der Waals surface area (Å²) in [5, 5.41) is 20.2. The Kier molecular flexibility index (Phi) is 3.14. The molecular formula is C10H15NO4. The second-order valence-electron chi connectivity index (χ2n) is 3.83. The second-order valence-corrected chi connectivity index (χ2v) is 3.83. The van der Waals surface area contributed by atoms with Gasteiger partial charge in [-0.1, -0.05) is 6.92 Å². The van der Waals surface area contributed by atoms with Crippen LogP contribution >= 0.6 is 0 Å². The van der Waals surface area contributed by atoms with Gasteiger partial charge in [-0.15, -0.1) is 0 Å². The van der Waals surface area contributed by atoms with Crippen LogP contribution in [0.3, 0.4) is 0 Å². The number of hydrogen-bond donors (Lipinski definition) is 3. The maximum atomic E-state index is 11.3. The van der Waals surface area contributed by atoms with Crippen molar-refractivity contribution < 1.29 is 19.8 Å². The highest BCUT2D eigenvalue weighted by Gasteiger charge is 2.43. The lowest BCUT2D eigenvalue weighted by molar-refractivity contribution is -0.140. The summed E-state index contributed by atoms with van der Waals surface area (Å²) < 4.78 is 0. The Balaban J connectivity index is 2.72. The minimum atomic E-state index is -1.13. The molecule has 3 N–H and O–H groups in total. The molecule has 84 valence electrons. The minimum absolute atomic E-state index is 0.00502. The lowest BCUT2D eigenvalue weighted by atomic mass is 9.71. The molecule has 0 aromatic heterocycles. The SMILES string of the molecule is CC[C@@]1(C)C(=O)C=C1N[C@@H](CO)C(=O)O. The molecule has 0 aromatic carbocycles. The van der Waals surface area contributed by atoms with Gasteiger partial charge in [0.25, 0.3) is 0 Å². The number of ketones is 1. The topological polar surface area (TPSA) is 86.6 Å². The smallest absolute Gasteiger partial charge is 0.328 e. The molecule has 0 spiro atoms. The lowest BCUT2D eigenvalue weighted by Crippen LogP contribution is -2.49. The molecule has 1 aliphatic rings. The molecule has 0 unspecified atom stereocenters. The number of carboxylic acids is 1. The maximum Gasteiger partial charge on any atom is 0.328 e. The van der Waals surface area contributed by atoms with E-state index >= 15 is 0 Å². The number of carboxylic acid groups (broad SMARTS) is 1. The highest BCUT2D eigenvalue weighted by atomic mass is 16.4.